The van der Waals surface area contributed by atoms with E-state index in [0.29, 0.717) is 10.6 Å². The lowest BCUT2D eigenvalue weighted by Gasteiger charge is -2.20. The van der Waals surface area contributed by atoms with E-state index in [-0.39, 0.29) is 30.0 Å². The van der Waals surface area contributed by atoms with Crippen LogP contribution in [0, 0.1) is 0 Å². The standard InChI is InChI=1S/C19H22ClNO2/c1-3-13(2)21-19(23)12-16(14-7-5-4-6-8-14)17-11-15(20)9-10-18(17)22/h4-11,13,16,22H,3,12H2,1-2H3,(H,21,23)/t13-,16+/m0/s1. The number of phenolic OH excluding ortho intramolecular Hbond substituents is 1. The predicted molar refractivity (Wildman–Crippen MR) is 93.9 cm³/mol. The topological polar surface area (TPSA) is 49.3 Å². The van der Waals surface area contributed by atoms with Crippen molar-refractivity contribution in [1.29, 1.82) is 0 Å². The second kappa shape index (κ2) is 8.02. The van der Waals surface area contributed by atoms with Gasteiger partial charge in [0, 0.05) is 29.0 Å². The summed E-state index contributed by atoms with van der Waals surface area (Å²) in [6, 6.07) is 14.8. The van der Waals surface area contributed by atoms with Crippen molar-refractivity contribution in [3.8, 4) is 5.75 Å². The van der Waals surface area contributed by atoms with Crippen molar-refractivity contribution in [2.75, 3.05) is 0 Å². The molecule has 0 fully saturated rings. The maximum Gasteiger partial charge on any atom is 0.221 e. The highest BCUT2D eigenvalue weighted by atomic mass is 35.5. The van der Waals surface area contributed by atoms with Gasteiger partial charge < -0.3 is 10.4 Å². The Morgan fingerprint density at radius 1 is 1.22 bits per heavy atom. The minimum absolute atomic E-state index is 0.0346. The normalized spacial score (nSPS) is 13.3. The zero-order valence-corrected chi connectivity index (χ0v) is 14.2. The van der Waals surface area contributed by atoms with Gasteiger partial charge in [-0.15, -0.1) is 0 Å². The first-order valence-electron chi connectivity index (χ1n) is 7.84. The van der Waals surface area contributed by atoms with E-state index in [9.17, 15) is 9.90 Å². The molecule has 1 amide bonds. The molecule has 2 aromatic rings. The number of hydrogen-bond acceptors (Lipinski definition) is 2. The van der Waals surface area contributed by atoms with Gasteiger partial charge in [0.1, 0.15) is 5.75 Å². The molecule has 0 bridgehead atoms. The molecule has 23 heavy (non-hydrogen) atoms. The molecule has 0 aliphatic rings. The molecule has 2 N–H and O–H groups in total. The maximum atomic E-state index is 12.3. The SMILES string of the molecule is CC[C@H](C)NC(=O)C[C@H](c1ccccc1)c1cc(Cl)ccc1O. The van der Waals surface area contributed by atoms with Crippen LogP contribution < -0.4 is 5.32 Å². The Hall–Kier alpha value is -2.00. The summed E-state index contributed by atoms with van der Waals surface area (Å²) in [6.07, 6.45) is 1.15. The van der Waals surface area contributed by atoms with Gasteiger partial charge in [-0.3, -0.25) is 4.79 Å². The average molecular weight is 332 g/mol. The van der Waals surface area contributed by atoms with Crippen LogP contribution in [0.3, 0.4) is 0 Å². The third-order valence-electron chi connectivity index (χ3n) is 3.98. The van der Waals surface area contributed by atoms with E-state index in [1.807, 2.05) is 44.2 Å². The maximum absolute atomic E-state index is 12.3. The smallest absolute Gasteiger partial charge is 0.221 e. The van der Waals surface area contributed by atoms with Crippen molar-refractivity contribution in [3.05, 3.63) is 64.7 Å². The summed E-state index contributed by atoms with van der Waals surface area (Å²) in [4.78, 5) is 12.3. The number of phenols is 1. The lowest BCUT2D eigenvalue weighted by atomic mass is 9.87. The molecule has 3 nitrogen and oxygen atoms in total. The molecule has 0 saturated heterocycles. The number of rotatable bonds is 6. The Bertz CT molecular complexity index is 658. The van der Waals surface area contributed by atoms with Gasteiger partial charge in [0.25, 0.3) is 0 Å². The average Bonchev–Trinajstić information content (AvgIpc) is 2.55. The fraction of sp³-hybridized carbons (Fsp3) is 0.316. The molecular formula is C19H22ClNO2. The minimum Gasteiger partial charge on any atom is -0.508 e. The minimum atomic E-state index is -0.237. The number of halogens is 1. The van der Waals surface area contributed by atoms with Gasteiger partial charge in [-0.1, -0.05) is 48.9 Å². The van der Waals surface area contributed by atoms with E-state index in [1.54, 1.807) is 18.2 Å². The van der Waals surface area contributed by atoms with E-state index in [1.165, 1.54) is 0 Å². The van der Waals surface area contributed by atoms with E-state index >= 15 is 0 Å². The van der Waals surface area contributed by atoms with Crippen LogP contribution in [-0.2, 0) is 4.79 Å². The summed E-state index contributed by atoms with van der Waals surface area (Å²) in [5.41, 5.74) is 1.65. The molecule has 0 aliphatic heterocycles. The predicted octanol–water partition coefficient (Wildman–Crippen LogP) is 4.48. The van der Waals surface area contributed by atoms with Gasteiger partial charge in [0.15, 0.2) is 0 Å². The van der Waals surface area contributed by atoms with Crippen LogP contribution >= 0.6 is 11.6 Å². The van der Waals surface area contributed by atoms with E-state index < -0.39 is 0 Å². The lowest BCUT2D eigenvalue weighted by Crippen LogP contribution is -2.33. The number of benzene rings is 2. The molecule has 0 heterocycles. The molecule has 2 atom stereocenters. The van der Waals surface area contributed by atoms with Crippen LogP contribution in [0.4, 0.5) is 0 Å². The van der Waals surface area contributed by atoms with Crippen LogP contribution in [0.5, 0.6) is 5.75 Å². The van der Waals surface area contributed by atoms with Gasteiger partial charge >= 0.3 is 0 Å². The van der Waals surface area contributed by atoms with Gasteiger partial charge in [-0.25, -0.2) is 0 Å². The Morgan fingerprint density at radius 2 is 1.91 bits per heavy atom. The molecule has 0 spiro atoms. The fourth-order valence-corrected chi connectivity index (χ4v) is 2.70. The summed E-state index contributed by atoms with van der Waals surface area (Å²) < 4.78 is 0. The van der Waals surface area contributed by atoms with Crippen LogP contribution in [-0.4, -0.2) is 17.1 Å². The van der Waals surface area contributed by atoms with Crippen molar-refractivity contribution >= 4 is 17.5 Å². The first kappa shape index (κ1) is 17.4. The monoisotopic (exact) mass is 331 g/mol. The Balaban J connectivity index is 2.33. The zero-order chi connectivity index (χ0) is 16.8. The summed E-state index contributed by atoms with van der Waals surface area (Å²) in [6.45, 7) is 4.01. The molecule has 0 unspecified atom stereocenters. The largest absolute Gasteiger partial charge is 0.508 e. The molecule has 0 aromatic heterocycles. The molecule has 122 valence electrons. The number of aromatic hydroxyl groups is 1. The third-order valence-corrected chi connectivity index (χ3v) is 4.21. The summed E-state index contributed by atoms with van der Waals surface area (Å²) in [5.74, 6) is -0.119. The van der Waals surface area contributed by atoms with Crippen molar-refractivity contribution in [3.63, 3.8) is 0 Å². The van der Waals surface area contributed by atoms with Crippen molar-refractivity contribution in [2.45, 2.75) is 38.6 Å². The van der Waals surface area contributed by atoms with Crippen LogP contribution in [0.25, 0.3) is 0 Å². The second-order valence-corrected chi connectivity index (χ2v) is 6.18. The fourth-order valence-electron chi connectivity index (χ4n) is 2.52. The molecular weight excluding hydrogens is 310 g/mol. The van der Waals surface area contributed by atoms with E-state index in [0.717, 1.165) is 12.0 Å². The van der Waals surface area contributed by atoms with Gasteiger partial charge in [-0.2, -0.15) is 0 Å². The van der Waals surface area contributed by atoms with E-state index in [4.69, 9.17) is 11.6 Å². The molecule has 0 radical (unpaired) electrons. The highest BCUT2D eigenvalue weighted by molar-refractivity contribution is 6.30. The quantitative estimate of drug-likeness (QED) is 0.819. The molecule has 0 aliphatic carbocycles. The van der Waals surface area contributed by atoms with Crippen molar-refractivity contribution in [1.82, 2.24) is 5.32 Å². The molecule has 4 heteroatoms. The third kappa shape index (κ3) is 4.73. The van der Waals surface area contributed by atoms with Gasteiger partial charge in [0.05, 0.1) is 0 Å². The first-order valence-corrected chi connectivity index (χ1v) is 8.21. The highest BCUT2D eigenvalue weighted by Gasteiger charge is 2.22. The van der Waals surface area contributed by atoms with Crippen LogP contribution in [0.15, 0.2) is 48.5 Å². The molecule has 2 rings (SSSR count). The first-order chi connectivity index (χ1) is 11.0. The van der Waals surface area contributed by atoms with Crippen LogP contribution in [0.1, 0.15) is 43.7 Å². The summed E-state index contributed by atoms with van der Waals surface area (Å²) in [7, 11) is 0. The number of hydrogen-bond donors (Lipinski definition) is 2. The molecule has 2 aromatic carbocycles. The number of carbonyl (C=O) groups is 1. The Kier molecular flexibility index (Phi) is 6.05. The second-order valence-electron chi connectivity index (χ2n) is 5.75. The number of amides is 1. The summed E-state index contributed by atoms with van der Waals surface area (Å²) >= 11 is 6.08. The number of nitrogens with one attached hydrogen (secondary N) is 1. The number of carbonyl (C=O) groups excluding carboxylic acids is 1. The lowest BCUT2D eigenvalue weighted by molar-refractivity contribution is -0.121. The van der Waals surface area contributed by atoms with E-state index in [2.05, 4.69) is 5.32 Å². The van der Waals surface area contributed by atoms with Crippen molar-refractivity contribution < 1.29 is 9.90 Å². The van der Waals surface area contributed by atoms with Gasteiger partial charge in [0.2, 0.25) is 5.91 Å². The zero-order valence-electron chi connectivity index (χ0n) is 13.4. The Labute approximate surface area is 142 Å². The summed E-state index contributed by atoms with van der Waals surface area (Å²) in [5, 5.41) is 13.7. The Morgan fingerprint density at radius 3 is 2.57 bits per heavy atom. The van der Waals surface area contributed by atoms with Crippen molar-refractivity contribution in [2.24, 2.45) is 0 Å². The molecule has 0 saturated carbocycles. The van der Waals surface area contributed by atoms with Crippen LogP contribution in [0.2, 0.25) is 5.02 Å². The van der Waals surface area contributed by atoms with Gasteiger partial charge in [-0.05, 0) is 37.1 Å². The highest BCUT2D eigenvalue weighted by Crippen LogP contribution is 2.35.